The summed E-state index contributed by atoms with van der Waals surface area (Å²) in [5.41, 5.74) is 0.586. The lowest BCUT2D eigenvalue weighted by molar-refractivity contribution is 0.205. The Hall–Kier alpha value is -0.0800. The first-order chi connectivity index (χ1) is 7.16. The van der Waals surface area contributed by atoms with E-state index in [1.54, 1.807) is 0 Å². The predicted octanol–water partition coefficient (Wildman–Crippen LogP) is 2.50. The number of hydrogen-bond acceptors (Lipinski definition) is 2. The molecule has 2 heteroatoms. The highest BCUT2D eigenvalue weighted by molar-refractivity contribution is 4.80. The smallest absolute Gasteiger partial charge is 0.0104 e. The molecule has 0 heterocycles. The number of nitrogens with one attached hydrogen (secondary N) is 1. The van der Waals surface area contributed by atoms with Gasteiger partial charge in [0.25, 0.3) is 0 Å². The van der Waals surface area contributed by atoms with Gasteiger partial charge in [0, 0.05) is 19.6 Å². The molecule has 0 saturated heterocycles. The van der Waals surface area contributed by atoms with Gasteiger partial charge in [-0.05, 0) is 31.8 Å². The fraction of sp³-hybridized carbons (Fsp3) is 1.00. The van der Waals surface area contributed by atoms with Crippen molar-refractivity contribution in [2.24, 2.45) is 5.41 Å². The fourth-order valence-electron chi connectivity index (χ4n) is 2.40. The third-order valence-electron chi connectivity index (χ3n) is 3.82. The van der Waals surface area contributed by atoms with E-state index in [0.717, 1.165) is 13.1 Å². The van der Waals surface area contributed by atoms with Gasteiger partial charge in [-0.15, -0.1) is 0 Å². The van der Waals surface area contributed by atoms with Crippen molar-refractivity contribution >= 4 is 0 Å². The van der Waals surface area contributed by atoms with E-state index < -0.39 is 0 Å². The van der Waals surface area contributed by atoms with Crippen LogP contribution in [0.3, 0.4) is 0 Å². The van der Waals surface area contributed by atoms with Gasteiger partial charge in [0.2, 0.25) is 0 Å². The van der Waals surface area contributed by atoms with Crippen molar-refractivity contribution in [1.29, 1.82) is 0 Å². The quantitative estimate of drug-likeness (QED) is 0.681. The zero-order chi connectivity index (χ0) is 11.1. The molecule has 0 amide bonds. The number of hydrogen-bond donors (Lipinski definition) is 1. The van der Waals surface area contributed by atoms with E-state index in [1.165, 1.54) is 45.2 Å². The van der Waals surface area contributed by atoms with Gasteiger partial charge in [0.15, 0.2) is 0 Å². The molecule has 1 rings (SSSR count). The van der Waals surface area contributed by atoms with Crippen LogP contribution in [0.5, 0.6) is 0 Å². The summed E-state index contributed by atoms with van der Waals surface area (Å²) in [4.78, 5) is 2.36. The van der Waals surface area contributed by atoms with Crippen LogP contribution >= 0.6 is 0 Å². The minimum Gasteiger partial charge on any atom is -0.315 e. The standard InChI is InChI=1S/C13H28N2/c1-4-15(3)11-10-14-12-13(2)8-6-5-7-9-13/h14H,4-12H2,1-3H3. The summed E-state index contributed by atoms with van der Waals surface area (Å²) in [7, 11) is 2.18. The van der Waals surface area contributed by atoms with Gasteiger partial charge in [-0.2, -0.15) is 0 Å². The molecule has 0 atom stereocenters. The molecular formula is C13H28N2. The first-order valence-corrected chi connectivity index (χ1v) is 6.55. The van der Waals surface area contributed by atoms with Crippen molar-refractivity contribution in [3.8, 4) is 0 Å². The van der Waals surface area contributed by atoms with E-state index in [9.17, 15) is 0 Å². The Labute approximate surface area is 95.4 Å². The summed E-state index contributed by atoms with van der Waals surface area (Å²) in [6.45, 7) is 9.33. The SMILES string of the molecule is CCN(C)CCNCC1(C)CCCCC1. The van der Waals surface area contributed by atoms with E-state index in [0.29, 0.717) is 5.41 Å². The summed E-state index contributed by atoms with van der Waals surface area (Å²) in [6.07, 6.45) is 7.17. The maximum atomic E-state index is 3.62. The Morgan fingerprint density at radius 2 is 1.87 bits per heavy atom. The summed E-state index contributed by atoms with van der Waals surface area (Å²) in [5.74, 6) is 0. The molecule has 1 saturated carbocycles. The maximum absolute atomic E-state index is 3.62. The van der Waals surface area contributed by atoms with E-state index in [2.05, 4.69) is 31.1 Å². The lowest BCUT2D eigenvalue weighted by Crippen LogP contribution is -2.37. The van der Waals surface area contributed by atoms with Crippen LogP contribution in [0.15, 0.2) is 0 Å². The highest BCUT2D eigenvalue weighted by Crippen LogP contribution is 2.34. The van der Waals surface area contributed by atoms with Gasteiger partial charge in [0.05, 0.1) is 0 Å². The summed E-state index contributed by atoms with van der Waals surface area (Å²) in [5, 5.41) is 3.62. The molecule has 0 aliphatic heterocycles. The fourth-order valence-corrected chi connectivity index (χ4v) is 2.40. The molecule has 0 aromatic rings. The molecule has 1 aliphatic carbocycles. The monoisotopic (exact) mass is 212 g/mol. The van der Waals surface area contributed by atoms with Crippen LogP contribution in [0.4, 0.5) is 0 Å². The summed E-state index contributed by atoms with van der Waals surface area (Å²) >= 11 is 0. The van der Waals surface area contributed by atoms with Crippen LogP contribution in [-0.2, 0) is 0 Å². The Balaban J connectivity index is 2.08. The second kappa shape index (κ2) is 6.49. The Morgan fingerprint density at radius 1 is 1.20 bits per heavy atom. The van der Waals surface area contributed by atoms with Crippen molar-refractivity contribution in [3.05, 3.63) is 0 Å². The Morgan fingerprint density at radius 3 is 2.47 bits per heavy atom. The minimum absolute atomic E-state index is 0.586. The summed E-state index contributed by atoms with van der Waals surface area (Å²) < 4.78 is 0. The topological polar surface area (TPSA) is 15.3 Å². The van der Waals surface area contributed by atoms with Crippen LogP contribution in [0, 0.1) is 5.41 Å². The van der Waals surface area contributed by atoms with Crippen LogP contribution in [0.1, 0.15) is 46.0 Å². The maximum Gasteiger partial charge on any atom is 0.0104 e. The molecule has 0 unspecified atom stereocenters. The Kier molecular flexibility index (Phi) is 5.62. The number of rotatable bonds is 6. The first kappa shape index (κ1) is 13.0. The van der Waals surface area contributed by atoms with E-state index in [4.69, 9.17) is 0 Å². The Bertz CT molecular complexity index is 162. The number of likely N-dealkylation sites (N-methyl/N-ethyl adjacent to an activating group) is 1. The summed E-state index contributed by atoms with van der Waals surface area (Å²) in [6, 6.07) is 0. The largest absolute Gasteiger partial charge is 0.315 e. The third kappa shape index (κ3) is 4.98. The third-order valence-corrected chi connectivity index (χ3v) is 3.82. The van der Waals surface area contributed by atoms with Gasteiger partial charge in [-0.1, -0.05) is 33.1 Å². The highest BCUT2D eigenvalue weighted by Gasteiger charge is 2.25. The van der Waals surface area contributed by atoms with Crippen molar-refractivity contribution in [2.45, 2.75) is 46.0 Å². The zero-order valence-corrected chi connectivity index (χ0v) is 10.8. The zero-order valence-electron chi connectivity index (χ0n) is 10.8. The van der Waals surface area contributed by atoms with Gasteiger partial charge >= 0.3 is 0 Å². The molecule has 2 nitrogen and oxygen atoms in total. The van der Waals surface area contributed by atoms with Crippen molar-refractivity contribution in [3.63, 3.8) is 0 Å². The van der Waals surface area contributed by atoms with Gasteiger partial charge in [-0.3, -0.25) is 0 Å². The lowest BCUT2D eigenvalue weighted by atomic mass is 9.76. The van der Waals surface area contributed by atoms with E-state index in [-0.39, 0.29) is 0 Å². The molecular weight excluding hydrogens is 184 g/mol. The molecule has 1 aliphatic rings. The van der Waals surface area contributed by atoms with Gasteiger partial charge in [0.1, 0.15) is 0 Å². The molecule has 90 valence electrons. The molecule has 1 N–H and O–H groups in total. The van der Waals surface area contributed by atoms with Crippen LogP contribution in [0.25, 0.3) is 0 Å². The molecule has 0 spiro atoms. The number of nitrogens with zero attached hydrogens (tertiary/aromatic N) is 1. The van der Waals surface area contributed by atoms with Crippen molar-refractivity contribution < 1.29 is 0 Å². The van der Waals surface area contributed by atoms with Crippen LogP contribution < -0.4 is 5.32 Å². The molecule has 0 bridgehead atoms. The average Bonchev–Trinajstić information content (AvgIpc) is 2.25. The van der Waals surface area contributed by atoms with E-state index >= 15 is 0 Å². The molecule has 15 heavy (non-hydrogen) atoms. The second-order valence-electron chi connectivity index (χ2n) is 5.44. The molecule has 0 aromatic carbocycles. The molecule has 0 aromatic heterocycles. The molecule has 0 radical (unpaired) electrons. The normalized spacial score (nSPS) is 20.8. The van der Waals surface area contributed by atoms with Crippen LogP contribution in [0.2, 0.25) is 0 Å². The van der Waals surface area contributed by atoms with E-state index in [1.807, 2.05) is 0 Å². The van der Waals surface area contributed by atoms with Crippen LogP contribution in [-0.4, -0.2) is 38.1 Å². The minimum atomic E-state index is 0.586. The first-order valence-electron chi connectivity index (χ1n) is 6.55. The lowest BCUT2D eigenvalue weighted by Gasteiger charge is -2.34. The highest BCUT2D eigenvalue weighted by atomic mass is 15.1. The molecule has 1 fully saturated rings. The van der Waals surface area contributed by atoms with Crippen molar-refractivity contribution in [1.82, 2.24) is 10.2 Å². The average molecular weight is 212 g/mol. The second-order valence-corrected chi connectivity index (χ2v) is 5.44. The predicted molar refractivity (Wildman–Crippen MR) is 67.2 cm³/mol. The van der Waals surface area contributed by atoms with Crippen molar-refractivity contribution in [2.75, 3.05) is 33.2 Å². The van der Waals surface area contributed by atoms with Gasteiger partial charge < -0.3 is 10.2 Å². The van der Waals surface area contributed by atoms with Gasteiger partial charge in [-0.25, -0.2) is 0 Å².